The van der Waals surface area contributed by atoms with E-state index >= 15 is 0 Å². The van der Waals surface area contributed by atoms with Crippen molar-refractivity contribution in [2.75, 3.05) is 13.2 Å². The van der Waals surface area contributed by atoms with Crippen LogP contribution in [-0.4, -0.2) is 18.2 Å². The van der Waals surface area contributed by atoms with Crippen molar-refractivity contribution in [1.29, 1.82) is 0 Å². The zero-order chi connectivity index (χ0) is 20.4. The van der Waals surface area contributed by atoms with E-state index in [9.17, 15) is 0 Å². The van der Waals surface area contributed by atoms with E-state index in [1.165, 1.54) is 49.7 Å². The molecular formula is C26H35N2O2+. The summed E-state index contributed by atoms with van der Waals surface area (Å²) in [6.45, 7) is 5.43. The van der Waals surface area contributed by atoms with Gasteiger partial charge in [0.2, 0.25) is 0 Å². The second-order valence-electron chi connectivity index (χ2n) is 9.98. The maximum Gasteiger partial charge on any atom is 0.161 e. The Kier molecular flexibility index (Phi) is 5.68. The number of pyridine rings is 1. The predicted octanol–water partition coefficient (Wildman–Crippen LogP) is 4.34. The van der Waals surface area contributed by atoms with E-state index in [0.29, 0.717) is 12.0 Å². The van der Waals surface area contributed by atoms with Gasteiger partial charge in [0, 0.05) is 28.9 Å². The quantitative estimate of drug-likeness (QED) is 0.673. The second kappa shape index (κ2) is 8.58. The number of rotatable bonds is 9. The van der Waals surface area contributed by atoms with Crippen molar-refractivity contribution < 1.29 is 14.8 Å². The van der Waals surface area contributed by atoms with Crippen LogP contribution in [-0.2, 0) is 13.1 Å². The summed E-state index contributed by atoms with van der Waals surface area (Å²) in [6.07, 6.45) is 12.3. The van der Waals surface area contributed by atoms with Crippen molar-refractivity contribution in [3.63, 3.8) is 0 Å². The monoisotopic (exact) mass is 407 g/mol. The molecule has 2 N–H and O–H groups in total. The van der Waals surface area contributed by atoms with Crippen molar-refractivity contribution >= 4 is 0 Å². The molecule has 160 valence electrons. The van der Waals surface area contributed by atoms with Crippen LogP contribution in [0.3, 0.4) is 0 Å². The molecule has 1 aromatic heterocycles. The van der Waals surface area contributed by atoms with E-state index in [1.54, 1.807) is 0 Å². The van der Waals surface area contributed by atoms with Gasteiger partial charge >= 0.3 is 0 Å². The molecule has 1 aromatic carbocycles. The van der Waals surface area contributed by atoms with Gasteiger partial charge in [0.25, 0.3) is 0 Å². The van der Waals surface area contributed by atoms with Crippen molar-refractivity contribution in [1.82, 2.24) is 4.98 Å². The number of hydrogen-bond acceptors (Lipinski definition) is 3. The first-order valence-electron chi connectivity index (χ1n) is 11.8. The standard InChI is InChI=1S/C26H34N2O2/c1-2-29-25-11-19(15-28-17-20-4-3-7-27-16-20)5-6-24(25)30-18-26-12-21-8-22(13-26)10-23(9-21)14-26/h3-7,11,16,21-23,28H,2,8-10,12-15,17-18H2,1H3/p+1. The summed E-state index contributed by atoms with van der Waals surface area (Å²) in [4.78, 5) is 4.19. The minimum Gasteiger partial charge on any atom is -0.490 e. The van der Waals surface area contributed by atoms with Gasteiger partial charge < -0.3 is 14.8 Å². The molecule has 4 fully saturated rings. The highest BCUT2D eigenvalue weighted by Gasteiger charge is 2.51. The van der Waals surface area contributed by atoms with Gasteiger partial charge in [-0.3, -0.25) is 4.98 Å². The second-order valence-corrected chi connectivity index (χ2v) is 9.98. The van der Waals surface area contributed by atoms with E-state index in [2.05, 4.69) is 34.6 Å². The van der Waals surface area contributed by atoms with Crippen LogP contribution in [0, 0.1) is 23.2 Å². The normalized spacial score (nSPS) is 29.2. The number of nitrogens with two attached hydrogens (primary N) is 1. The average Bonchev–Trinajstić information content (AvgIpc) is 2.73. The van der Waals surface area contributed by atoms with Gasteiger partial charge in [-0.1, -0.05) is 6.07 Å². The number of aromatic nitrogens is 1. The Balaban J connectivity index is 1.21. The highest BCUT2D eigenvalue weighted by atomic mass is 16.5. The summed E-state index contributed by atoms with van der Waals surface area (Å²) in [5.41, 5.74) is 2.94. The SMILES string of the molecule is CCOc1cc(C[NH2+]Cc2cccnc2)ccc1OCC12CC3CC(CC(C3)C1)C2. The van der Waals surface area contributed by atoms with Gasteiger partial charge in [-0.2, -0.15) is 0 Å². The minimum atomic E-state index is 0.425. The summed E-state index contributed by atoms with van der Waals surface area (Å²) >= 11 is 0. The molecule has 0 unspecified atom stereocenters. The molecule has 0 aliphatic heterocycles. The molecule has 4 saturated carbocycles. The lowest BCUT2D eigenvalue weighted by Crippen LogP contribution is -2.80. The Morgan fingerprint density at radius 3 is 2.33 bits per heavy atom. The fourth-order valence-electron chi connectivity index (χ4n) is 6.69. The zero-order valence-corrected chi connectivity index (χ0v) is 18.2. The molecule has 0 amide bonds. The minimum absolute atomic E-state index is 0.425. The lowest BCUT2D eigenvalue weighted by Gasteiger charge is -2.56. The third-order valence-electron chi connectivity index (χ3n) is 7.49. The fourth-order valence-corrected chi connectivity index (χ4v) is 6.69. The molecule has 4 bridgehead atoms. The first-order valence-corrected chi connectivity index (χ1v) is 11.8. The third-order valence-corrected chi connectivity index (χ3v) is 7.49. The molecular weight excluding hydrogens is 372 g/mol. The molecule has 0 radical (unpaired) electrons. The molecule has 30 heavy (non-hydrogen) atoms. The lowest BCUT2D eigenvalue weighted by molar-refractivity contribution is -0.686. The number of benzene rings is 1. The van der Waals surface area contributed by atoms with E-state index in [-0.39, 0.29) is 0 Å². The fraction of sp³-hybridized carbons (Fsp3) is 0.577. The highest BCUT2D eigenvalue weighted by molar-refractivity contribution is 5.43. The van der Waals surface area contributed by atoms with Crippen LogP contribution in [0.4, 0.5) is 0 Å². The number of hydrogen-bond donors (Lipinski definition) is 1. The molecule has 0 atom stereocenters. The molecule has 0 spiro atoms. The van der Waals surface area contributed by atoms with Crippen LogP contribution in [0.2, 0.25) is 0 Å². The molecule has 4 heteroatoms. The van der Waals surface area contributed by atoms with Gasteiger partial charge in [0.1, 0.15) is 13.1 Å². The summed E-state index contributed by atoms with van der Waals surface area (Å²) in [6, 6.07) is 10.6. The Morgan fingerprint density at radius 1 is 0.933 bits per heavy atom. The number of ether oxygens (including phenoxy) is 2. The van der Waals surface area contributed by atoms with E-state index in [1.807, 2.05) is 25.4 Å². The molecule has 4 aliphatic rings. The molecule has 2 aromatic rings. The Hall–Kier alpha value is -2.07. The summed E-state index contributed by atoms with van der Waals surface area (Å²) < 4.78 is 12.4. The summed E-state index contributed by atoms with van der Waals surface area (Å²) in [5, 5.41) is 2.30. The maximum atomic E-state index is 6.46. The Morgan fingerprint density at radius 2 is 1.67 bits per heavy atom. The Bertz CT molecular complexity index is 816. The van der Waals surface area contributed by atoms with Crippen molar-refractivity contribution in [2.24, 2.45) is 23.2 Å². The van der Waals surface area contributed by atoms with Gasteiger partial charge in [-0.05, 0) is 87.5 Å². The third kappa shape index (κ3) is 4.34. The van der Waals surface area contributed by atoms with Gasteiger partial charge in [-0.15, -0.1) is 0 Å². The van der Waals surface area contributed by atoms with E-state index in [0.717, 1.165) is 48.9 Å². The largest absolute Gasteiger partial charge is 0.490 e. The van der Waals surface area contributed by atoms with Crippen LogP contribution >= 0.6 is 0 Å². The smallest absolute Gasteiger partial charge is 0.161 e. The topological polar surface area (TPSA) is 48.0 Å². The molecule has 4 aliphatic carbocycles. The Labute approximate surface area is 180 Å². The number of nitrogens with zero attached hydrogens (tertiary/aromatic N) is 1. The average molecular weight is 408 g/mol. The molecule has 1 heterocycles. The van der Waals surface area contributed by atoms with Crippen molar-refractivity contribution in [2.45, 2.75) is 58.5 Å². The van der Waals surface area contributed by atoms with Gasteiger partial charge in [0.15, 0.2) is 11.5 Å². The van der Waals surface area contributed by atoms with Crippen LogP contribution in [0.15, 0.2) is 42.7 Å². The molecule has 6 rings (SSSR count). The predicted molar refractivity (Wildman–Crippen MR) is 117 cm³/mol. The van der Waals surface area contributed by atoms with Gasteiger partial charge in [0.05, 0.1) is 13.2 Å². The van der Waals surface area contributed by atoms with Crippen LogP contribution < -0.4 is 14.8 Å². The van der Waals surface area contributed by atoms with E-state index < -0.39 is 0 Å². The maximum absolute atomic E-state index is 6.46. The van der Waals surface area contributed by atoms with Crippen molar-refractivity contribution in [3.05, 3.63) is 53.9 Å². The first-order chi connectivity index (χ1) is 14.7. The van der Waals surface area contributed by atoms with Gasteiger partial charge in [-0.25, -0.2) is 0 Å². The highest BCUT2D eigenvalue weighted by Crippen LogP contribution is 2.60. The van der Waals surface area contributed by atoms with E-state index in [4.69, 9.17) is 9.47 Å². The number of quaternary nitrogens is 1. The lowest BCUT2D eigenvalue weighted by atomic mass is 9.50. The molecule has 0 saturated heterocycles. The first kappa shape index (κ1) is 19.9. The van der Waals surface area contributed by atoms with Crippen LogP contribution in [0.5, 0.6) is 11.5 Å². The zero-order valence-electron chi connectivity index (χ0n) is 18.2. The summed E-state index contributed by atoms with van der Waals surface area (Å²) in [5.74, 6) is 4.70. The van der Waals surface area contributed by atoms with Crippen LogP contribution in [0.1, 0.15) is 56.6 Å². The van der Waals surface area contributed by atoms with Crippen molar-refractivity contribution in [3.8, 4) is 11.5 Å². The summed E-state index contributed by atoms with van der Waals surface area (Å²) in [7, 11) is 0. The van der Waals surface area contributed by atoms with Crippen LogP contribution in [0.25, 0.3) is 0 Å². The molecule has 4 nitrogen and oxygen atoms in total.